The molecule has 108 valence electrons. The van der Waals surface area contributed by atoms with Gasteiger partial charge in [-0.1, -0.05) is 31.2 Å². The minimum absolute atomic E-state index is 0.00391. The van der Waals surface area contributed by atoms with Gasteiger partial charge in [0.15, 0.2) is 0 Å². The summed E-state index contributed by atoms with van der Waals surface area (Å²) >= 11 is 0. The predicted molar refractivity (Wildman–Crippen MR) is 80.4 cm³/mol. The van der Waals surface area contributed by atoms with Gasteiger partial charge in [-0.3, -0.25) is 4.79 Å². The molecule has 1 aromatic carbocycles. The van der Waals surface area contributed by atoms with Crippen LogP contribution in [0.3, 0.4) is 0 Å². The third-order valence-electron chi connectivity index (χ3n) is 5.09. The van der Waals surface area contributed by atoms with Gasteiger partial charge in [-0.05, 0) is 49.7 Å². The summed E-state index contributed by atoms with van der Waals surface area (Å²) in [5.41, 5.74) is 8.69. The number of benzene rings is 1. The highest BCUT2D eigenvalue weighted by Crippen LogP contribution is 2.48. The van der Waals surface area contributed by atoms with E-state index in [2.05, 4.69) is 36.5 Å². The average Bonchev–Trinajstić information content (AvgIpc) is 2.92. The summed E-state index contributed by atoms with van der Waals surface area (Å²) in [4.78, 5) is 12.3. The van der Waals surface area contributed by atoms with E-state index in [9.17, 15) is 4.79 Å². The Morgan fingerprint density at radius 1 is 1.15 bits per heavy atom. The van der Waals surface area contributed by atoms with E-state index in [1.165, 1.54) is 5.56 Å². The van der Waals surface area contributed by atoms with Gasteiger partial charge < -0.3 is 11.1 Å². The van der Waals surface area contributed by atoms with Gasteiger partial charge in [0.25, 0.3) is 0 Å². The molecule has 3 rings (SSSR count). The van der Waals surface area contributed by atoms with E-state index in [1.807, 2.05) is 0 Å². The molecule has 20 heavy (non-hydrogen) atoms. The van der Waals surface area contributed by atoms with Crippen LogP contribution in [0.1, 0.15) is 50.2 Å². The zero-order valence-corrected chi connectivity index (χ0v) is 12.2. The van der Waals surface area contributed by atoms with Crippen LogP contribution in [0.15, 0.2) is 24.3 Å². The summed E-state index contributed by atoms with van der Waals surface area (Å²) in [5.74, 6) is 0.139. The molecule has 2 bridgehead atoms. The first-order valence-electron chi connectivity index (χ1n) is 7.70. The van der Waals surface area contributed by atoms with Crippen molar-refractivity contribution in [3.63, 3.8) is 0 Å². The van der Waals surface area contributed by atoms with Crippen LogP contribution in [0.25, 0.3) is 0 Å². The first-order chi connectivity index (χ1) is 9.53. The number of rotatable bonds is 4. The van der Waals surface area contributed by atoms with Crippen molar-refractivity contribution >= 4 is 5.91 Å². The highest BCUT2D eigenvalue weighted by molar-refractivity contribution is 5.79. The second-order valence-electron chi connectivity index (χ2n) is 6.71. The van der Waals surface area contributed by atoms with Gasteiger partial charge in [0.1, 0.15) is 0 Å². The normalized spacial score (nSPS) is 31.5. The van der Waals surface area contributed by atoms with Crippen molar-refractivity contribution in [3.8, 4) is 0 Å². The van der Waals surface area contributed by atoms with Gasteiger partial charge >= 0.3 is 0 Å². The monoisotopic (exact) mass is 272 g/mol. The van der Waals surface area contributed by atoms with Crippen molar-refractivity contribution < 1.29 is 4.79 Å². The molecule has 0 atom stereocenters. The zero-order chi connectivity index (χ0) is 14.2. The Morgan fingerprint density at radius 2 is 1.75 bits per heavy atom. The van der Waals surface area contributed by atoms with Crippen LogP contribution < -0.4 is 11.1 Å². The minimum atomic E-state index is -0.00477. The number of aryl methyl sites for hydroxylation is 1. The number of amides is 1. The minimum Gasteiger partial charge on any atom is -0.350 e. The third-order valence-corrected chi connectivity index (χ3v) is 5.09. The predicted octanol–water partition coefficient (Wildman–Crippen LogP) is 2.32. The molecular formula is C17H24N2O. The van der Waals surface area contributed by atoms with Crippen LogP contribution in [0, 0.1) is 0 Å². The lowest BCUT2D eigenvalue weighted by molar-refractivity contribution is -0.122. The van der Waals surface area contributed by atoms with Gasteiger partial charge in [0, 0.05) is 11.1 Å². The molecule has 2 aliphatic rings. The molecule has 0 saturated heterocycles. The summed E-state index contributed by atoms with van der Waals surface area (Å²) in [7, 11) is 0. The van der Waals surface area contributed by atoms with Crippen molar-refractivity contribution in [1.82, 2.24) is 5.32 Å². The maximum atomic E-state index is 12.3. The molecule has 1 amide bonds. The van der Waals surface area contributed by atoms with Gasteiger partial charge in [0.05, 0.1) is 6.42 Å². The van der Waals surface area contributed by atoms with Crippen LogP contribution in [0.5, 0.6) is 0 Å². The summed E-state index contributed by atoms with van der Waals surface area (Å²) < 4.78 is 0. The Balaban J connectivity index is 1.60. The number of hydrogen-bond donors (Lipinski definition) is 2. The van der Waals surface area contributed by atoms with Crippen LogP contribution >= 0.6 is 0 Å². The van der Waals surface area contributed by atoms with E-state index in [-0.39, 0.29) is 17.0 Å². The quantitative estimate of drug-likeness (QED) is 0.884. The van der Waals surface area contributed by atoms with Crippen LogP contribution in [-0.4, -0.2) is 17.0 Å². The fourth-order valence-electron chi connectivity index (χ4n) is 3.84. The lowest BCUT2D eigenvalue weighted by Gasteiger charge is -2.28. The fourth-order valence-corrected chi connectivity index (χ4v) is 3.84. The molecule has 2 saturated carbocycles. The lowest BCUT2D eigenvalue weighted by atomic mass is 9.91. The number of fused-ring (bicyclic) bond motifs is 2. The molecule has 3 heteroatoms. The van der Waals surface area contributed by atoms with Crippen molar-refractivity contribution in [2.75, 3.05) is 0 Å². The van der Waals surface area contributed by atoms with Crippen LogP contribution in [-0.2, 0) is 17.6 Å². The highest BCUT2D eigenvalue weighted by Gasteiger charge is 2.52. The van der Waals surface area contributed by atoms with E-state index in [1.54, 1.807) is 0 Å². The largest absolute Gasteiger partial charge is 0.350 e. The molecule has 0 radical (unpaired) electrons. The van der Waals surface area contributed by atoms with E-state index >= 15 is 0 Å². The maximum absolute atomic E-state index is 12.3. The molecule has 0 heterocycles. The number of carbonyl (C=O) groups excluding carboxylic acids is 1. The smallest absolute Gasteiger partial charge is 0.224 e. The average molecular weight is 272 g/mol. The molecule has 2 fully saturated rings. The SMILES string of the molecule is CCc1ccc(CC(=O)NC23CCC(N)(CC2)C3)cc1. The van der Waals surface area contributed by atoms with Gasteiger partial charge in [-0.2, -0.15) is 0 Å². The number of carbonyl (C=O) groups is 1. The van der Waals surface area contributed by atoms with Crippen molar-refractivity contribution in [2.45, 2.75) is 62.9 Å². The van der Waals surface area contributed by atoms with E-state index < -0.39 is 0 Å². The summed E-state index contributed by atoms with van der Waals surface area (Å²) in [6.07, 6.45) is 6.67. The molecule has 0 unspecified atom stereocenters. The zero-order valence-electron chi connectivity index (χ0n) is 12.2. The number of nitrogens with one attached hydrogen (secondary N) is 1. The van der Waals surface area contributed by atoms with Gasteiger partial charge in [0.2, 0.25) is 5.91 Å². The van der Waals surface area contributed by atoms with E-state index in [0.29, 0.717) is 6.42 Å². The van der Waals surface area contributed by atoms with Crippen LogP contribution in [0.2, 0.25) is 0 Å². The lowest BCUT2D eigenvalue weighted by Crippen LogP contribution is -2.45. The first-order valence-corrected chi connectivity index (χ1v) is 7.70. The Bertz CT molecular complexity index is 498. The van der Waals surface area contributed by atoms with Crippen molar-refractivity contribution in [3.05, 3.63) is 35.4 Å². The Kier molecular flexibility index (Phi) is 3.33. The molecule has 3 N–H and O–H groups in total. The Morgan fingerprint density at radius 3 is 2.25 bits per heavy atom. The third kappa shape index (κ3) is 2.59. The highest BCUT2D eigenvalue weighted by atomic mass is 16.1. The summed E-state index contributed by atoms with van der Waals surface area (Å²) in [6, 6.07) is 8.34. The van der Waals surface area contributed by atoms with Crippen molar-refractivity contribution in [1.29, 1.82) is 0 Å². The molecule has 1 aromatic rings. The molecule has 0 aromatic heterocycles. The van der Waals surface area contributed by atoms with E-state index in [0.717, 1.165) is 44.1 Å². The topological polar surface area (TPSA) is 55.1 Å². The van der Waals surface area contributed by atoms with Crippen molar-refractivity contribution in [2.24, 2.45) is 5.73 Å². The maximum Gasteiger partial charge on any atom is 0.224 e. The summed E-state index contributed by atoms with van der Waals surface area (Å²) in [5, 5.41) is 3.27. The Labute approximate surface area is 120 Å². The Hall–Kier alpha value is -1.35. The second kappa shape index (κ2) is 4.88. The first kappa shape index (κ1) is 13.6. The molecular weight excluding hydrogens is 248 g/mol. The molecule has 3 nitrogen and oxygen atoms in total. The van der Waals surface area contributed by atoms with E-state index in [4.69, 9.17) is 5.73 Å². The van der Waals surface area contributed by atoms with Crippen LogP contribution in [0.4, 0.5) is 0 Å². The number of nitrogens with two attached hydrogens (primary N) is 1. The fraction of sp³-hybridized carbons (Fsp3) is 0.588. The second-order valence-corrected chi connectivity index (χ2v) is 6.71. The van der Waals surface area contributed by atoms with Gasteiger partial charge in [-0.25, -0.2) is 0 Å². The van der Waals surface area contributed by atoms with Gasteiger partial charge in [-0.15, -0.1) is 0 Å². The standard InChI is InChI=1S/C17H24N2O/c1-2-13-3-5-14(6-4-13)11-15(20)19-17-9-7-16(18,12-17)8-10-17/h3-6H,2,7-12,18H2,1H3,(H,19,20). The molecule has 2 aliphatic carbocycles. The molecule has 0 aliphatic heterocycles. The summed E-state index contributed by atoms with van der Waals surface area (Å²) in [6.45, 7) is 2.14. The number of hydrogen-bond acceptors (Lipinski definition) is 2. The molecule has 0 spiro atoms.